The SMILES string of the molecule is c1ccc(-c2nc(-c3ccccc3)nc(-c3ccc(-c4ccc5c(c4)nc(-c4ccccc4)c4c5ccc5ccc(-c6cc7ccccc7c7ccccc67)nc54)cc3)n2)cc1. The van der Waals surface area contributed by atoms with Gasteiger partial charge in [0.05, 0.1) is 22.4 Å². The van der Waals surface area contributed by atoms with Crippen molar-refractivity contribution in [3.8, 4) is 67.8 Å². The standard InChI is InChI=1S/C57H35N5/c1-4-14-37(15-5-1)53-52-48(32-28-38-30-33-50(58-54(38)52)49-34-43-20-10-11-21-44(43)45-22-12-13-23-46(45)49)47-31-29-42(35-51(47)59-53)36-24-26-41(27-25-36)57-61-55(39-16-6-2-7-17-39)60-56(62-57)40-18-8-3-9-19-40/h1-35H. The quantitative estimate of drug-likeness (QED) is 0.157. The zero-order valence-corrected chi connectivity index (χ0v) is 33.4. The first-order valence-electron chi connectivity index (χ1n) is 20.8. The molecule has 0 aliphatic carbocycles. The first-order chi connectivity index (χ1) is 30.7. The van der Waals surface area contributed by atoms with Crippen LogP contribution in [0.25, 0.3) is 122 Å². The van der Waals surface area contributed by atoms with E-state index in [0.29, 0.717) is 17.5 Å². The molecule has 5 heteroatoms. The molecule has 0 saturated carbocycles. The molecule has 288 valence electrons. The molecule has 0 atom stereocenters. The molecule has 0 aliphatic rings. The molecule has 12 rings (SSSR count). The molecule has 0 fully saturated rings. The fraction of sp³-hybridized carbons (Fsp3) is 0. The topological polar surface area (TPSA) is 64.5 Å². The normalized spacial score (nSPS) is 11.5. The first kappa shape index (κ1) is 35.5. The lowest BCUT2D eigenvalue weighted by molar-refractivity contribution is 1.07. The van der Waals surface area contributed by atoms with Crippen LogP contribution in [0.15, 0.2) is 212 Å². The largest absolute Gasteiger partial charge is 0.247 e. The Morgan fingerprint density at radius 3 is 1.47 bits per heavy atom. The number of pyridine rings is 2. The summed E-state index contributed by atoms with van der Waals surface area (Å²) >= 11 is 0. The lowest BCUT2D eigenvalue weighted by Crippen LogP contribution is -2.00. The summed E-state index contributed by atoms with van der Waals surface area (Å²) in [4.78, 5) is 25.7. The van der Waals surface area contributed by atoms with E-state index in [2.05, 4.69) is 152 Å². The molecule has 0 amide bonds. The minimum Gasteiger partial charge on any atom is -0.247 e. The maximum atomic E-state index is 5.51. The lowest BCUT2D eigenvalue weighted by atomic mass is 9.94. The number of aromatic nitrogens is 5. The van der Waals surface area contributed by atoms with Gasteiger partial charge in [0.1, 0.15) is 0 Å². The van der Waals surface area contributed by atoms with E-state index in [1.807, 2.05) is 60.7 Å². The Morgan fingerprint density at radius 1 is 0.274 bits per heavy atom. The second-order valence-corrected chi connectivity index (χ2v) is 15.6. The maximum absolute atomic E-state index is 5.51. The highest BCUT2D eigenvalue weighted by Crippen LogP contribution is 2.40. The van der Waals surface area contributed by atoms with Gasteiger partial charge in [0.15, 0.2) is 17.5 Å². The second-order valence-electron chi connectivity index (χ2n) is 15.6. The van der Waals surface area contributed by atoms with E-state index >= 15 is 0 Å². The van der Waals surface area contributed by atoms with Gasteiger partial charge in [-0.05, 0) is 56.3 Å². The Morgan fingerprint density at radius 2 is 0.790 bits per heavy atom. The summed E-state index contributed by atoms with van der Waals surface area (Å²) in [7, 11) is 0. The lowest BCUT2D eigenvalue weighted by Gasteiger charge is -2.15. The van der Waals surface area contributed by atoms with Crippen LogP contribution in [0.2, 0.25) is 0 Å². The third kappa shape index (κ3) is 6.14. The van der Waals surface area contributed by atoms with Gasteiger partial charge in [-0.15, -0.1) is 0 Å². The molecule has 62 heavy (non-hydrogen) atoms. The molecule has 0 aliphatic heterocycles. The third-order valence-electron chi connectivity index (χ3n) is 11.9. The van der Waals surface area contributed by atoms with Crippen LogP contribution in [0.4, 0.5) is 0 Å². The number of rotatable bonds is 6. The summed E-state index contributed by atoms with van der Waals surface area (Å²) in [5.41, 5.74) is 10.8. The molecule has 0 N–H and O–H groups in total. The van der Waals surface area contributed by atoms with Gasteiger partial charge < -0.3 is 0 Å². The molecule has 3 heterocycles. The van der Waals surface area contributed by atoms with Crippen molar-refractivity contribution in [3.05, 3.63) is 212 Å². The number of hydrogen-bond acceptors (Lipinski definition) is 5. The van der Waals surface area contributed by atoms with Crippen LogP contribution in [0.3, 0.4) is 0 Å². The van der Waals surface area contributed by atoms with Gasteiger partial charge in [-0.1, -0.05) is 194 Å². The summed E-state index contributed by atoms with van der Waals surface area (Å²) in [5.74, 6) is 1.91. The molecule has 0 spiro atoms. The number of nitrogens with zero attached hydrogens (tertiary/aromatic N) is 5. The average molecular weight is 790 g/mol. The molecular formula is C57H35N5. The molecule has 3 aromatic heterocycles. The zero-order chi connectivity index (χ0) is 41.0. The zero-order valence-electron chi connectivity index (χ0n) is 33.4. The van der Waals surface area contributed by atoms with E-state index in [1.54, 1.807) is 0 Å². The van der Waals surface area contributed by atoms with Crippen LogP contribution in [0.1, 0.15) is 0 Å². The summed E-state index contributed by atoms with van der Waals surface area (Å²) < 4.78 is 0. The summed E-state index contributed by atoms with van der Waals surface area (Å²) in [6, 6.07) is 74.0. The minimum absolute atomic E-state index is 0.626. The molecule has 12 aromatic rings. The summed E-state index contributed by atoms with van der Waals surface area (Å²) in [6.07, 6.45) is 0. The predicted molar refractivity (Wildman–Crippen MR) is 256 cm³/mol. The van der Waals surface area contributed by atoms with Crippen molar-refractivity contribution in [2.45, 2.75) is 0 Å². The molecule has 0 bridgehead atoms. The van der Waals surface area contributed by atoms with Gasteiger partial charge in [-0.25, -0.2) is 24.9 Å². The highest BCUT2D eigenvalue weighted by Gasteiger charge is 2.18. The van der Waals surface area contributed by atoms with Crippen molar-refractivity contribution in [1.82, 2.24) is 24.9 Å². The Labute approximate surface area is 357 Å². The van der Waals surface area contributed by atoms with E-state index < -0.39 is 0 Å². The van der Waals surface area contributed by atoms with E-state index in [4.69, 9.17) is 24.9 Å². The monoisotopic (exact) mass is 789 g/mol. The molecule has 0 saturated heterocycles. The second kappa shape index (κ2) is 14.7. The van der Waals surface area contributed by atoms with Crippen LogP contribution in [0, 0.1) is 0 Å². The maximum Gasteiger partial charge on any atom is 0.164 e. The molecular weight excluding hydrogens is 755 g/mol. The van der Waals surface area contributed by atoms with Crippen molar-refractivity contribution in [2.75, 3.05) is 0 Å². The van der Waals surface area contributed by atoms with Crippen molar-refractivity contribution in [2.24, 2.45) is 0 Å². The van der Waals surface area contributed by atoms with Crippen LogP contribution >= 0.6 is 0 Å². The highest BCUT2D eigenvalue weighted by atomic mass is 15.0. The fourth-order valence-corrected chi connectivity index (χ4v) is 8.83. The Hall–Kier alpha value is -8.41. The summed E-state index contributed by atoms with van der Waals surface area (Å²) in [6.45, 7) is 0. The predicted octanol–water partition coefficient (Wildman–Crippen LogP) is 14.4. The number of benzene rings is 9. The number of hydrogen-bond donors (Lipinski definition) is 0. The Balaban J connectivity index is 0.988. The van der Waals surface area contributed by atoms with Crippen molar-refractivity contribution < 1.29 is 0 Å². The smallest absolute Gasteiger partial charge is 0.164 e. The molecule has 9 aromatic carbocycles. The Kier molecular flexibility index (Phi) is 8.42. The van der Waals surface area contributed by atoms with Gasteiger partial charge in [-0.3, -0.25) is 0 Å². The average Bonchev–Trinajstić information content (AvgIpc) is 3.36. The van der Waals surface area contributed by atoms with E-state index in [9.17, 15) is 0 Å². The van der Waals surface area contributed by atoms with E-state index in [1.165, 1.54) is 21.5 Å². The Bertz CT molecular complexity index is 3610. The highest BCUT2D eigenvalue weighted by molar-refractivity contribution is 6.21. The van der Waals surface area contributed by atoms with Gasteiger partial charge >= 0.3 is 0 Å². The van der Waals surface area contributed by atoms with Crippen LogP contribution in [-0.4, -0.2) is 24.9 Å². The molecule has 0 radical (unpaired) electrons. The van der Waals surface area contributed by atoms with Gasteiger partial charge in [0.25, 0.3) is 0 Å². The van der Waals surface area contributed by atoms with Crippen LogP contribution < -0.4 is 0 Å². The third-order valence-corrected chi connectivity index (χ3v) is 11.9. The van der Waals surface area contributed by atoms with Crippen LogP contribution in [0.5, 0.6) is 0 Å². The van der Waals surface area contributed by atoms with Gasteiger partial charge in [0, 0.05) is 44.0 Å². The van der Waals surface area contributed by atoms with Gasteiger partial charge in [0.2, 0.25) is 0 Å². The number of fused-ring (bicyclic) bond motifs is 8. The van der Waals surface area contributed by atoms with Crippen molar-refractivity contribution in [3.63, 3.8) is 0 Å². The van der Waals surface area contributed by atoms with Crippen LogP contribution in [-0.2, 0) is 0 Å². The fourth-order valence-electron chi connectivity index (χ4n) is 8.83. The molecule has 0 unspecified atom stereocenters. The molecule has 5 nitrogen and oxygen atoms in total. The minimum atomic E-state index is 0.626. The van der Waals surface area contributed by atoms with Crippen molar-refractivity contribution in [1.29, 1.82) is 0 Å². The van der Waals surface area contributed by atoms with Crippen molar-refractivity contribution >= 4 is 54.1 Å². The summed E-state index contributed by atoms with van der Waals surface area (Å²) in [5, 5.41) is 9.18. The first-order valence-corrected chi connectivity index (χ1v) is 20.8. The van der Waals surface area contributed by atoms with E-state index in [0.717, 1.165) is 82.9 Å². The van der Waals surface area contributed by atoms with E-state index in [-0.39, 0.29) is 0 Å². The van der Waals surface area contributed by atoms with Gasteiger partial charge in [-0.2, -0.15) is 0 Å².